The van der Waals surface area contributed by atoms with Crippen molar-refractivity contribution >= 4 is 23.3 Å². The van der Waals surface area contributed by atoms with Gasteiger partial charge in [0.2, 0.25) is 5.91 Å². The highest BCUT2D eigenvalue weighted by molar-refractivity contribution is 6.29. The number of aromatic nitrogens is 2. The van der Waals surface area contributed by atoms with Crippen LogP contribution in [0.2, 0.25) is 5.15 Å². The molecule has 0 aliphatic rings. The molecule has 0 radical (unpaired) electrons. The van der Waals surface area contributed by atoms with E-state index in [1.165, 1.54) is 6.20 Å². The number of halogens is 1. The largest absolute Gasteiger partial charge is 0.368 e. The fraction of sp³-hybridized carbons (Fsp3) is 0.500. The third-order valence-electron chi connectivity index (χ3n) is 1.84. The van der Waals surface area contributed by atoms with Crippen LogP contribution in [0.4, 0.5) is 5.82 Å². The smallest absolute Gasteiger partial charge is 0.221 e. The van der Waals surface area contributed by atoms with Crippen LogP contribution in [0, 0.1) is 0 Å². The number of hydrogen-bond acceptors (Lipinski definition) is 4. The van der Waals surface area contributed by atoms with Crippen LogP contribution in [-0.2, 0) is 4.79 Å². The summed E-state index contributed by atoms with van der Waals surface area (Å²) in [7, 11) is 0. The molecule has 1 heterocycles. The van der Waals surface area contributed by atoms with Gasteiger partial charge < -0.3 is 10.6 Å². The van der Waals surface area contributed by atoms with Crippen molar-refractivity contribution in [3.8, 4) is 0 Å². The Morgan fingerprint density at radius 3 is 2.94 bits per heavy atom. The van der Waals surface area contributed by atoms with Crippen LogP contribution < -0.4 is 10.6 Å². The summed E-state index contributed by atoms with van der Waals surface area (Å²) in [6.45, 7) is 3.25. The molecule has 0 aliphatic carbocycles. The monoisotopic (exact) mass is 242 g/mol. The van der Waals surface area contributed by atoms with Crippen molar-refractivity contribution in [2.75, 3.05) is 18.4 Å². The number of nitrogens with zero attached hydrogens (tertiary/aromatic N) is 2. The minimum Gasteiger partial charge on any atom is -0.368 e. The fourth-order valence-electron chi connectivity index (χ4n) is 1.08. The van der Waals surface area contributed by atoms with E-state index in [0.717, 1.165) is 13.0 Å². The summed E-state index contributed by atoms with van der Waals surface area (Å²) in [5.74, 6) is 0.611. The molecule has 0 fully saturated rings. The predicted octanol–water partition coefficient (Wildman–Crippen LogP) is 1.46. The van der Waals surface area contributed by atoms with Gasteiger partial charge in [-0.05, 0) is 6.42 Å². The molecule has 6 heteroatoms. The van der Waals surface area contributed by atoms with Crippen molar-refractivity contribution in [3.63, 3.8) is 0 Å². The molecule has 0 spiro atoms. The molecule has 1 rings (SSSR count). The van der Waals surface area contributed by atoms with E-state index in [2.05, 4.69) is 20.6 Å². The number of rotatable bonds is 6. The standard InChI is InChI=1S/C10H15ClN4O/c1-2-4-14-10(16)3-5-13-9-7-12-6-8(11)15-9/h6-7H,2-5H2,1H3,(H,13,15)(H,14,16). The van der Waals surface area contributed by atoms with Gasteiger partial charge >= 0.3 is 0 Å². The molecule has 0 saturated heterocycles. The first kappa shape index (κ1) is 12.7. The van der Waals surface area contributed by atoms with Gasteiger partial charge in [-0.25, -0.2) is 4.98 Å². The van der Waals surface area contributed by atoms with E-state index in [4.69, 9.17) is 11.6 Å². The van der Waals surface area contributed by atoms with E-state index in [-0.39, 0.29) is 5.91 Å². The normalized spacial score (nSPS) is 9.88. The maximum absolute atomic E-state index is 11.2. The highest BCUT2D eigenvalue weighted by atomic mass is 35.5. The van der Waals surface area contributed by atoms with Crippen molar-refractivity contribution in [1.82, 2.24) is 15.3 Å². The van der Waals surface area contributed by atoms with E-state index in [1.807, 2.05) is 6.92 Å². The number of carbonyl (C=O) groups excluding carboxylic acids is 1. The molecule has 0 unspecified atom stereocenters. The maximum Gasteiger partial charge on any atom is 0.221 e. The Hall–Kier alpha value is -1.36. The molecule has 16 heavy (non-hydrogen) atoms. The van der Waals surface area contributed by atoms with Gasteiger partial charge in [0, 0.05) is 19.5 Å². The first-order valence-corrected chi connectivity index (χ1v) is 5.58. The maximum atomic E-state index is 11.2. The molecular weight excluding hydrogens is 228 g/mol. The van der Waals surface area contributed by atoms with Gasteiger partial charge in [0.15, 0.2) is 0 Å². The van der Waals surface area contributed by atoms with Crippen molar-refractivity contribution < 1.29 is 4.79 Å². The van der Waals surface area contributed by atoms with Crippen LogP contribution in [0.25, 0.3) is 0 Å². The zero-order chi connectivity index (χ0) is 11.8. The summed E-state index contributed by atoms with van der Waals surface area (Å²) in [5, 5.41) is 6.10. The minimum absolute atomic E-state index is 0.0318. The second kappa shape index (κ2) is 7.00. The fourth-order valence-corrected chi connectivity index (χ4v) is 1.23. The summed E-state index contributed by atoms with van der Waals surface area (Å²) in [6.07, 6.45) is 4.38. The molecular formula is C10H15ClN4O. The van der Waals surface area contributed by atoms with Crippen LogP contribution in [0.15, 0.2) is 12.4 Å². The Labute approximate surface area is 99.6 Å². The number of anilines is 1. The SMILES string of the molecule is CCCNC(=O)CCNc1cncc(Cl)n1. The Balaban J connectivity index is 2.22. The average molecular weight is 243 g/mol. The summed E-state index contributed by atoms with van der Waals surface area (Å²) < 4.78 is 0. The molecule has 0 aromatic carbocycles. The zero-order valence-electron chi connectivity index (χ0n) is 9.16. The van der Waals surface area contributed by atoms with Crippen LogP contribution in [-0.4, -0.2) is 29.0 Å². The molecule has 1 aromatic rings. The summed E-state index contributed by atoms with van der Waals surface area (Å²) in [6, 6.07) is 0. The first-order valence-electron chi connectivity index (χ1n) is 5.20. The highest BCUT2D eigenvalue weighted by Crippen LogP contribution is 2.06. The Kier molecular flexibility index (Phi) is 5.56. The lowest BCUT2D eigenvalue weighted by molar-refractivity contribution is -0.120. The summed E-state index contributed by atoms with van der Waals surface area (Å²) in [4.78, 5) is 19.1. The van der Waals surface area contributed by atoms with E-state index >= 15 is 0 Å². The molecule has 0 bridgehead atoms. The van der Waals surface area contributed by atoms with Crippen molar-refractivity contribution in [1.29, 1.82) is 0 Å². The Morgan fingerprint density at radius 2 is 2.25 bits per heavy atom. The Morgan fingerprint density at radius 1 is 1.44 bits per heavy atom. The van der Waals surface area contributed by atoms with Crippen molar-refractivity contribution in [2.24, 2.45) is 0 Å². The lowest BCUT2D eigenvalue weighted by atomic mass is 10.3. The van der Waals surface area contributed by atoms with E-state index in [9.17, 15) is 4.79 Å². The number of nitrogens with one attached hydrogen (secondary N) is 2. The van der Waals surface area contributed by atoms with Gasteiger partial charge in [-0.3, -0.25) is 9.78 Å². The van der Waals surface area contributed by atoms with Gasteiger partial charge in [-0.1, -0.05) is 18.5 Å². The van der Waals surface area contributed by atoms with Gasteiger partial charge in [-0.15, -0.1) is 0 Å². The van der Waals surface area contributed by atoms with Gasteiger partial charge in [0.1, 0.15) is 11.0 Å². The van der Waals surface area contributed by atoms with Crippen LogP contribution in [0.5, 0.6) is 0 Å². The molecule has 0 saturated carbocycles. The quantitative estimate of drug-likeness (QED) is 0.793. The topological polar surface area (TPSA) is 66.9 Å². The number of carbonyl (C=O) groups is 1. The number of amides is 1. The Bertz CT molecular complexity index is 345. The van der Waals surface area contributed by atoms with Crippen LogP contribution >= 0.6 is 11.6 Å². The van der Waals surface area contributed by atoms with E-state index < -0.39 is 0 Å². The molecule has 0 atom stereocenters. The van der Waals surface area contributed by atoms with Gasteiger partial charge in [0.05, 0.1) is 12.4 Å². The molecule has 0 aliphatic heterocycles. The first-order chi connectivity index (χ1) is 7.72. The molecule has 1 aromatic heterocycles. The average Bonchev–Trinajstić information content (AvgIpc) is 2.26. The van der Waals surface area contributed by atoms with Crippen LogP contribution in [0.3, 0.4) is 0 Å². The van der Waals surface area contributed by atoms with E-state index in [1.54, 1.807) is 6.20 Å². The third kappa shape index (κ3) is 4.93. The molecule has 88 valence electrons. The lowest BCUT2D eigenvalue weighted by Crippen LogP contribution is -2.25. The van der Waals surface area contributed by atoms with Gasteiger partial charge in [-0.2, -0.15) is 0 Å². The highest BCUT2D eigenvalue weighted by Gasteiger charge is 2.00. The molecule has 2 N–H and O–H groups in total. The summed E-state index contributed by atoms with van der Waals surface area (Å²) >= 11 is 5.66. The second-order valence-corrected chi connectivity index (χ2v) is 3.64. The van der Waals surface area contributed by atoms with Gasteiger partial charge in [0.25, 0.3) is 0 Å². The van der Waals surface area contributed by atoms with E-state index in [0.29, 0.717) is 23.9 Å². The minimum atomic E-state index is 0.0318. The molecule has 5 nitrogen and oxygen atoms in total. The summed E-state index contributed by atoms with van der Waals surface area (Å²) in [5.41, 5.74) is 0. The third-order valence-corrected chi connectivity index (χ3v) is 2.02. The van der Waals surface area contributed by atoms with Crippen molar-refractivity contribution in [3.05, 3.63) is 17.5 Å². The number of hydrogen-bond donors (Lipinski definition) is 2. The zero-order valence-corrected chi connectivity index (χ0v) is 9.92. The molecule has 1 amide bonds. The second-order valence-electron chi connectivity index (χ2n) is 3.25. The van der Waals surface area contributed by atoms with Crippen LogP contribution in [0.1, 0.15) is 19.8 Å². The van der Waals surface area contributed by atoms with Crippen molar-refractivity contribution in [2.45, 2.75) is 19.8 Å². The lowest BCUT2D eigenvalue weighted by Gasteiger charge is -2.05. The predicted molar refractivity (Wildman–Crippen MR) is 63.4 cm³/mol.